The Balaban J connectivity index is 2.34. The van der Waals surface area contributed by atoms with E-state index in [-0.39, 0.29) is 11.0 Å². The maximum absolute atomic E-state index is 11.2. The van der Waals surface area contributed by atoms with E-state index in [0.717, 1.165) is 5.39 Å². The molecule has 2 rings (SSSR count). The lowest BCUT2D eigenvalue weighted by molar-refractivity contribution is 0.0664. The fraction of sp³-hybridized carbons (Fsp3) is 0.357. The van der Waals surface area contributed by atoms with Crippen LogP contribution in [0.3, 0.4) is 0 Å². The molecule has 0 bridgehead atoms. The molecule has 0 aliphatic rings. The van der Waals surface area contributed by atoms with Crippen molar-refractivity contribution >= 4 is 28.7 Å². The largest absolute Gasteiger partial charge is 0.475 e. The van der Waals surface area contributed by atoms with Crippen molar-refractivity contribution in [1.29, 1.82) is 0 Å². The van der Waals surface area contributed by atoms with Crippen LogP contribution in [0.5, 0.6) is 0 Å². The van der Waals surface area contributed by atoms with Gasteiger partial charge in [-0.1, -0.05) is 25.1 Å². The number of hydrogen-bond acceptors (Lipinski definition) is 4. The van der Waals surface area contributed by atoms with Gasteiger partial charge in [0.05, 0.1) is 6.10 Å². The number of aliphatic hydroxyl groups excluding tert-OH is 1. The number of furan rings is 1. The summed E-state index contributed by atoms with van der Waals surface area (Å²) in [6.07, 6.45) is -0.434. The van der Waals surface area contributed by atoms with Gasteiger partial charge in [0.15, 0.2) is 0 Å². The number of carboxylic acid groups (broad SMARTS) is 1. The van der Waals surface area contributed by atoms with Gasteiger partial charge < -0.3 is 14.6 Å². The monoisotopic (exact) mass is 280 g/mol. The molecule has 2 atom stereocenters. The van der Waals surface area contributed by atoms with E-state index in [1.165, 1.54) is 11.8 Å². The molecule has 0 radical (unpaired) electrons. The van der Waals surface area contributed by atoms with Crippen molar-refractivity contribution in [2.24, 2.45) is 0 Å². The Labute approximate surface area is 115 Å². The molecule has 0 fully saturated rings. The lowest BCUT2D eigenvalue weighted by Gasteiger charge is -2.13. The zero-order valence-corrected chi connectivity index (χ0v) is 11.6. The minimum absolute atomic E-state index is 0.00788. The van der Waals surface area contributed by atoms with Crippen molar-refractivity contribution in [1.82, 2.24) is 0 Å². The summed E-state index contributed by atoms with van der Waals surface area (Å²) >= 11 is 1.52. The highest BCUT2D eigenvalue weighted by molar-refractivity contribution is 7.99. The maximum atomic E-state index is 11.2. The van der Waals surface area contributed by atoms with Crippen LogP contribution in [0.25, 0.3) is 11.0 Å². The van der Waals surface area contributed by atoms with Crippen LogP contribution in [0.1, 0.15) is 30.0 Å². The predicted molar refractivity (Wildman–Crippen MR) is 75.6 cm³/mol. The molecule has 0 amide bonds. The molecular formula is C14H16O4S. The van der Waals surface area contributed by atoms with Gasteiger partial charge in [0, 0.05) is 22.0 Å². The smallest absolute Gasteiger partial charge is 0.372 e. The third-order valence-corrected chi connectivity index (χ3v) is 4.44. The Hall–Kier alpha value is -1.46. The SMILES string of the molecule is CC(O)C(C)SCc1c(C(=O)O)oc2ccccc12. The van der Waals surface area contributed by atoms with Crippen LogP contribution < -0.4 is 0 Å². The summed E-state index contributed by atoms with van der Waals surface area (Å²) in [5.74, 6) is -0.562. The number of hydrogen-bond donors (Lipinski definition) is 2. The number of carbonyl (C=O) groups is 1. The molecule has 102 valence electrons. The van der Waals surface area contributed by atoms with Gasteiger partial charge in [0.25, 0.3) is 0 Å². The average Bonchev–Trinajstić information content (AvgIpc) is 2.74. The van der Waals surface area contributed by atoms with Crippen LogP contribution >= 0.6 is 11.8 Å². The molecule has 1 aromatic heterocycles. The van der Waals surface area contributed by atoms with Gasteiger partial charge in [-0.25, -0.2) is 4.79 Å². The molecule has 1 aromatic carbocycles. The van der Waals surface area contributed by atoms with E-state index >= 15 is 0 Å². The number of aromatic carboxylic acids is 1. The lowest BCUT2D eigenvalue weighted by Crippen LogP contribution is -2.15. The fourth-order valence-electron chi connectivity index (χ4n) is 1.77. The first-order chi connectivity index (χ1) is 9.00. The quantitative estimate of drug-likeness (QED) is 0.880. The second-order valence-corrected chi connectivity index (χ2v) is 5.83. The van der Waals surface area contributed by atoms with Crippen LogP contribution in [0.4, 0.5) is 0 Å². The molecule has 2 N–H and O–H groups in total. The molecule has 0 aliphatic carbocycles. The number of thioether (sulfide) groups is 1. The summed E-state index contributed by atoms with van der Waals surface area (Å²) in [5.41, 5.74) is 1.26. The Bertz CT molecular complexity index is 588. The summed E-state index contributed by atoms with van der Waals surface area (Å²) < 4.78 is 5.38. The van der Waals surface area contributed by atoms with Crippen molar-refractivity contribution in [2.75, 3.05) is 0 Å². The standard InChI is InChI=1S/C14H16O4S/c1-8(15)9(2)19-7-11-10-5-3-4-6-12(10)18-13(11)14(16)17/h3-6,8-9,15H,7H2,1-2H3,(H,16,17). The van der Waals surface area contributed by atoms with E-state index in [4.69, 9.17) is 4.42 Å². The normalized spacial score (nSPS) is 14.5. The lowest BCUT2D eigenvalue weighted by atomic mass is 10.1. The summed E-state index contributed by atoms with van der Waals surface area (Å²) in [6, 6.07) is 7.28. The van der Waals surface area contributed by atoms with E-state index < -0.39 is 12.1 Å². The third kappa shape index (κ3) is 2.93. The number of carboxylic acids is 1. The second kappa shape index (κ2) is 5.67. The molecular weight excluding hydrogens is 264 g/mol. The summed E-state index contributed by atoms with van der Waals surface area (Å²) in [4.78, 5) is 11.2. The van der Waals surface area contributed by atoms with Crippen molar-refractivity contribution < 1.29 is 19.4 Å². The molecule has 2 aromatic rings. The van der Waals surface area contributed by atoms with Gasteiger partial charge in [-0.15, -0.1) is 0 Å². The molecule has 2 unspecified atom stereocenters. The topological polar surface area (TPSA) is 70.7 Å². The molecule has 5 heteroatoms. The first-order valence-electron chi connectivity index (χ1n) is 6.04. The van der Waals surface area contributed by atoms with Crippen LogP contribution in [-0.4, -0.2) is 27.5 Å². The van der Waals surface area contributed by atoms with Gasteiger partial charge in [-0.2, -0.15) is 11.8 Å². The minimum atomic E-state index is -1.06. The number of benzene rings is 1. The van der Waals surface area contributed by atoms with Gasteiger partial charge >= 0.3 is 5.97 Å². The second-order valence-electron chi connectivity index (χ2n) is 4.47. The number of fused-ring (bicyclic) bond motifs is 1. The Morgan fingerprint density at radius 2 is 2.05 bits per heavy atom. The number of aliphatic hydroxyl groups is 1. The van der Waals surface area contributed by atoms with Crippen LogP contribution in [-0.2, 0) is 5.75 Å². The van der Waals surface area contributed by atoms with E-state index in [2.05, 4.69) is 0 Å². The Morgan fingerprint density at radius 1 is 1.37 bits per heavy atom. The van der Waals surface area contributed by atoms with Crippen molar-refractivity contribution in [3.05, 3.63) is 35.6 Å². The third-order valence-electron chi connectivity index (χ3n) is 3.06. The maximum Gasteiger partial charge on any atom is 0.372 e. The van der Waals surface area contributed by atoms with Crippen LogP contribution in [0, 0.1) is 0 Å². The zero-order valence-electron chi connectivity index (χ0n) is 10.8. The highest BCUT2D eigenvalue weighted by atomic mass is 32.2. The molecule has 1 heterocycles. The number of rotatable bonds is 5. The first kappa shape index (κ1) is 14.0. The van der Waals surface area contributed by atoms with E-state index in [1.807, 2.05) is 25.1 Å². The van der Waals surface area contributed by atoms with Crippen molar-refractivity contribution in [3.63, 3.8) is 0 Å². The minimum Gasteiger partial charge on any atom is -0.475 e. The van der Waals surface area contributed by atoms with E-state index in [0.29, 0.717) is 16.9 Å². The molecule has 0 aliphatic heterocycles. The summed E-state index contributed by atoms with van der Waals surface area (Å²) in [6.45, 7) is 3.64. The Morgan fingerprint density at radius 3 is 2.68 bits per heavy atom. The highest BCUT2D eigenvalue weighted by Crippen LogP contribution is 2.31. The highest BCUT2D eigenvalue weighted by Gasteiger charge is 2.21. The van der Waals surface area contributed by atoms with Crippen LogP contribution in [0.2, 0.25) is 0 Å². The van der Waals surface area contributed by atoms with Gasteiger partial charge in [0.1, 0.15) is 5.58 Å². The summed E-state index contributed by atoms with van der Waals surface area (Å²) in [7, 11) is 0. The zero-order chi connectivity index (χ0) is 14.0. The van der Waals surface area contributed by atoms with Gasteiger partial charge in [-0.05, 0) is 13.0 Å². The van der Waals surface area contributed by atoms with Crippen molar-refractivity contribution in [2.45, 2.75) is 31.0 Å². The van der Waals surface area contributed by atoms with Gasteiger partial charge in [-0.3, -0.25) is 0 Å². The predicted octanol–water partition coefficient (Wildman–Crippen LogP) is 3.13. The fourth-order valence-corrected chi connectivity index (χ4v) is 2.76. The van der Waals surface area contributed by atoms with Crippen molar-refractivity contribution in [3.8, 4) is 0 Å². The van der Waals surface area contributed by atoms with E-state index in [9.17, 15) is 15.0 Å². The molecule has 0 saturated carbocycles. The molecule has 0 saturated heterocycles. The summed E-state index contributed by atoms with van der Waals surface area (Å²) in [5, 5.41) is 19.5. The van der Waals surface area contributed by atoms with Gasteiger partial charge in [0.2, 0.25) is 5.76 Å². The van der Waals surface area contributed by atoms with E-state index in [1.54, 1.807) is 13.0 Å². The number of para-hydroxylation sites is 1. The molecule has 19 heavy (non-hydrogen) atoms. The first-order valence-corrected chi connectivity index (χ1v) is 7.09. The van der Waals surface area contributed by atoms with Crippen LogP contribution in [0.15, 0.2) is 28.7 Å². The Kier molecular flexibility index (Phi) is 4.17. The molecule has 4 nitrogen and oxygen atoms in total. The average molecular weight is 280 g/mol. The molecule has 0 spiro atoms.